The van der Waals surface area contributed by atoms with Crippen LogP contribution in [0.15, 0.2) is 24.3 Å². The van der Waals surface area contributed by atoms with Crippen LogP contribution < -0.4 is 0 Å². The Hall–Kier alpha value is -1.16. The van der Waals surface area contributed by atoms with E-state index in [-0.39, 0.29) is 0 Å². The van der Waals surface area contributed by atoms with E-state index in [1.807, 2.05) is 0 Å². The van der Waals surface area contributed by atoms with Crippen LogP contribution in [0, 0.1) is 0 Å². The zero-order valence-corrected chi connectivity index (χ0v) is 13.6. The van der Waals surface area contributed by atoms with Gasteiger partial charge in [-0.05, 0) is 44.2 Å². The number of aryl methyl sites for hydroxylation is 1. The fourth-order valence-corrected chi connectivity index (χ4v) is 3.63. The molecule has 0 N–H and O–H groups in total. The fraction of sp³-hybridized carbons (Fsp3) is 0.500. The minimum absolute atomic E-state index is 0.390. The Morgan fingerprint density at radius 2 is 2.10 bits per heavy atom. The van der Waals surface area contributed by atoms with Gasteiger partial charge in [-0.15, -0.1) is 10.2 Å². The van der Waals surface area contributed by atoms with Crippen LogP contribution in [-0.4, -0.2) is 14.8 Å². The molecule has 1 aromatic heterocycles. The van der Waals surface area contributed by atoms with Gasteiger partial charge in [-0.1, -0.05) is 40.2 Å². The molecule has 0 amide bonds. The first-order valence-corrected chi connectivity index (χ1v) is 8.42. The number of hydrogen-bond acceptors (Lipinski definition) is 2. The van der Waals surface area contributed by atoms with E-state index in [2.05, 4.69) is 68.8 Å². The molecule has 0 bridgehead atoms. The Labute approximate surface area is 128 Å². The molecule has 2 aromatic rings. The number of rotatable bonds is 3. The van der Waals surface area contributed by atoms with E-state index < -0.39 is 0 Å². The zero-order chi connectivity index (χ0) is 14.1. The number of hydrogen-bond donors (Lipinski definition) is 0. The molecule has 1 heterocycles. The van der Waals surface area contributed by atoms with Crippen molar-refractivity contribution in [1.29, 1.82) is 0 Å². The van der Waals surface area contributed by atoms with E-state index in [0.29, 0.717) is 12.0 Å². The van der Waals surface area contributed by atoms with Gasteiger partial charge in [-0.3, -0.25) is 0 Å². The molecule has 20 heavy (non-hydrogen) atoms. The minimum atomic E-state index is 0.390. The number of halogens is 1. The standard InChI is InChI=1S/C16H20BrN3/c1-11(2)20-15(10-17)18-19-16(20)14-9-5-7-12-6-3-4-8-13(12)14/h3-4,6,8,11,14H,5,7,9-10H2,1-2H3. The summed E-state index contributed by atoms with van der Waals surface area (Å²) in [6, 6.07) is 9.17. The van der Waals surface area contributed by atoms with Crippen molar-refractivity contribution >= 4 is 15.9 Å². The van der Waals surface area contributed by atoms with E-state index in [4.69, 9.17) is 0 Å². The maximum Gasteiger partial charge on any atom is 0.143 e. The molecular weight excluding hydrogens is 314 g/mol. The Kier molecular flexibility index (Phi) is 3.92. The molecule has 0 aliphatic heterocycles. The lowest BCUT2D eigenvalue weighted by molar-refractivity contribution is 0.506. The fourth-order valence-electron chi connectivity index (χ4n) is 3.25. The summed E-state index contributed by atoms with van der Waals surface area (Å²) in [7, 11) is 0. The van der Waals surface area contributed by atoms with E-state index in [1.165, 1.54) is 30.4 Å². The number of aromatic nitrogens is 3. The average molecular weight is 334 g/mol. The van der Waals surface area contributed by atoms with E-state index >= 15 is 0 Å². The molecular formula is C16H20BrN3. The molecule has 0 saturated carbocycles. The SMILES string of the molecule is CC(C)n1c(CBr)nnc1C1CCCc2ccccc21. The molecule has 1 aromatic carbocycles. The monoisotopic (exact) mass is 333 g/mol. The van der Waals surface area contributed by atoms with Crippen LogP contribution in [-0.2, 0) is 11.8 Å². The normalized spacial score (nSPS) is 18.3. The summed E-state index contributed by atoms with van der Waals surface area (Å²) in [5.74, 6) is 2.54. The predicted octanol–water partition coefficient (Wildman–Crippen LogP) is 4.22. The van der Waals surface area contributed by atoms with Gasteiger partial charge in [-0.2, -0.15) is 0 Å². The zero-order valence-electron chi connectivity index (χ0n) is 12.0. The van der Waals surface area contributed by atoms with Crippen LogP contribution in [0.1, 0.15) is 61.4 Å². The highest BCUT2D eigenvalue weighted by Gasteiger charge is 2.27. The Morgan fingerprint density at radius 1 is 1.30 bits per heavy atom. The summed E-state index contributed by atoms with van der Waals surface area (Å²) >= 11 is 3.52. The Morgan fingerprint density at radius 3 is 2.85 bits per heavy atom. The summed E-state index contributed by atoms with van der Waals surface area (Å²) in [6.07, 6.45) is 3.59. The molecule has 0 saturated heterocycles. The van der Waals surface area contributed by atoms with Gasteiger partial charge in [0.05, 0.1) is 5.33 Å². The van der Waals surface area contributed by atoms with E-state index in [9.17, 15) is 0 Å². The lowest BCUT2D eigenvalue weighted by Crippen LogP contribution is -2.18. The van der Waals surface area contributed by atoms with Crippen LogP contribution in [0.2, 0.25) is 0 Å². The largest absolute Gasteiger partial charge is 0.311 e. The summed E-state index contributed by atoms with van der Waals surface area (Å²) in [5, 5.41) is 9.64. The van der Waals surface area contributed by atoms with Crippen molar-refractivity contribution in [1.82, 2.24) is 14.8 Å². The van der Waals surface area contributed by atoms with Gasteiger partial charge in [-0.25, -0.2) is 0 Å². The van der Waals surface area contributed by atoms with Crippen LogP contribution in [0.25, 0.3) is 0 Å². The summed E-state index contributed by atoms with van der Waals surface area (Å²) in [6.45, 7) is 4.40. The molecule has 1 unspecified atom stereocenters. The van der Waals surface area contributed by atoms with Gasteiger partial charge in [0.2, 0.25) is 0 Å². The van der Waals surface area contributed by atoms with Crippen LogP contribution in [0.5, 0.6) is 0 Å². The van der Waals surface area contributed by atoms with Crippen molar-refractivity contribution in [2.45, 2.75) is 50.4 Å². The second-order valence-electron chi connectivity index (χ2n) is 5.72. The molecule has 0 fully saturated rings. The maximum atomic E-state index is 4.51. The molecule has 3 nitrogen and oxygen atoms in total. The molecule has 0 spiro atoms. The molecule has 0 radical (unpaired) electrons. The van der Waals surface area contributed by atoms with Crippen LogP contribution in [0.4, 0.5) is 0 Å². The maximum absolute atomic E-state index is 4.51. The number of nitrogens with zero attached hydrogens (tertiary/aromatic N) is 3. The summed E-state index contributed by atoms with van der Waals surface area (Å²) in [4.78, 5) is 0. The van der Waals surface area contributed by atoms with Crippen molar-refractivity contribution < 1.29 is 0 Å². The minimum Gasteiger partial charge on any atom is -0.311 e. The number of alkyl halides is 1. The van der Waals surface area contributed by atoms with Crippen LogP contribution >= 0.6 is 15.9 Å². The van der Waals surface area contributed by atoms with Crippen molar-refractivity contribution in [3.05, 3.63) is 47.0 Å². The molecule has 1 aliphatic carbocycles. The Bertz CT molecular complexity index is 604. The van der Waals surface area contributed by atoms with Crippen molar-refractivity contribution in [3.63, 3.8) is 0 Å². The van der Waals surface area contributed by atoms with Gasteiger partial charge >= 0.3 is 0 Å². The molecule has 1 atom stereocenters. The summed E-state index contributed by atoms with van der Waals surface area (Å²) in [5.41, 5.74) is 2.91. The molecule has 3 rings (SSSR count). The van der Waals surface area contributed by atoms with Crippen molar-refractivity contribution in [2.24, 2.45) is 0 Å². The van der Waals surface area contributed by atoms with Gasteiger partial charge < -0.3 is 4.57 Å². The lowest BCUT2D eigenvalue weighted by Gasteiger charge is -2.26. The van der Waals surface area contributed by atoms with Gasteiger partial charge in [0.1, 0.15) is 11.6 Å². The number of fused-ring (bicyclic) bond motifs is 1. The number of benzene rings is 1. The first kappa shape index (κ1) is 13.8. The summed E-state index contributed by atoms with van der Waals surface area (Å²) < 4.78 is 2.29. The second kappa shape index (κ2) is 5.68. The smallest absolute Gasteiger partial charge is 0.143 e. The van der Waals surface area contributed by atoms with Gasteiger partial charge in [0.25, 0.3) is 0 Å². The first-order valence-electron chi connectivity index (χ1n) is 7.29. The predicted molar refractivity (Wildman–Crippen MR) is 84.3 cm³/mol. The first-order chi connectivity index (χ1) is 9.72. The highest BCUT2D eigenvalue weighted by atomic mass is 79.9. The molecule has 1 aliphatic rings. The topological polar surface area (TPSA) is 30.7 Å². The van der Waals surface area contributed by atoms with Crippen molar-refractivity contribution in [3.8, 4) is 0 Å². The highest BCUT2D eigenvalue weighted by molar-refractivity contribution is 9.08. The van der Waals surface area contributed by atoms with Gasteiger partial charge in [0, 0.05) is 12.0 Å². The quantitative estimate of drug-likeness (QED) is 0.787. The average Bonchev–Trinajstić information content (AvgIpc) is 2.90. The molecule has 4 heteroatoms. The lowest BCUT2D eigenvalue weighted by atomic mass is 9.82. The van der Waals surface area contributed by atoms with Crippen LogP contribution in [0.3, 0.4) is 0 Å². The third-order valence-corrected chi connectivity index (χ3v) is 4.61. The van der Waals surface area contributed by atoms with Gasteiger partial charge in [0.15, 0.2) is 0 Å². The third-order valence-electron chi connectivity index (χ3n) is 4.11. The van der Waals surface area contributed by atoms with Crippen molar-refractivity contribution in [2.75, 3.05) is 0 Å². The second-order valence-corrected chi connectivity index (χ2v) is 6.28. The molecule has 106 valence electrons. The van der Waals surface area contributed by atoms with E-state index in [1.54, 1.807) is 0 Å². The van der Waals surface area contributed by atoms with E-state index in [0.717, 1.165) is 17.0 Å². The third kappa shape index (κ3) is 2.30. The highest BCUT2D eigenvalue weighted by Crippen LogP contribution is 2.36. The Balaban J connectivity index is 2.09.